The summed E-state index contributed by atoms with van der Waals surface area (Å²) in [5.41, 5.74) is -0.110. The fourth-order valence-corrected chi connectivity index (χ4v) is 2.48. The number of rotatable bonds is 6. The molecule has 134 valence electrons. The highest BCUT2D eigenvalue weighted by Crippen LogP contribution is 2.29. The van der Waals surface area contributed by atoms with E-state index >= 15 is 0 Å². The third-order valence-electron chi connectivity index (χ3n) is 4.02. The Kier molecular flexibility index (Phi) is 6.23. The number of carbonyl (C=O) groups excluding carboxylic acids is 1. The summed E-state index contributed by atoms with van der Waals surface area (Å²) in [4.78, 5) is 12.1. The lowest BCUT2D eigenvalue weighted by Crippen LogP contribution is -2.37. The van der Waals surface area contributed by atoms with Crippen molar-refractivity contribution in [2.45, 2.75) is 51.1 Å². The molecule has 4 nitrogen and oxygen atoms in total. The smallest absolute Gasteiger partial charge is 0.376 e. The molecule has 1 saturated heterocycles. The van der Waals surface area contributed by atoms with E-state index in [1.165, 1.54) is 12.1 Å². The Morgan fingerprint density at radius 2 is 2.00 bits per heavy atom. The minimum atomic E-state index is -4.37. The second kappa shape index (κ2) is 7.98. The summed E-state index contributed by atoms with van der Waals surface area (Å²) in [5.74, 6) is -0.305. The fourth-order valence-electron chi connectivity index (χ4n) is 2.48. The van der Waals surface area contributed by atoms with Crippen molar-refractivity contribution in [3.63, 3.8) is 0 Å². The van der Waals surface area contributed by atoms with Gasteiger partial charge in [-0.15, -0.1) is 0 Å². The number of halogens is 3. The van der Waals surface area contributed by atoms with E-state index in [4.69, 9.17) is 9.47 Å². The lowest BCUT2D eigenvalue weighted by Gasteiger charge is -2.20. The van der Waals surface area contributed by atoms with Gasteiger partial charge >= 0.3 is 6.18 Å². The van der Waals surface area contributed by atoms with Crippen molar-refractivity contribution in [1.29, 1.82) is 0 Å². The van der Waals surface area contributed by atoms with Gasteiger partial charge in [0.2, 0.25) is 5.91 Å². The Labute approximate surface area is 139 Å². The Balaban J connectivity index is 1.83. The molecule has 7 heteroatoms. The van der Waals surface area contributed by atoms with Crippen molar-refractivity contribution in [3.8, 4) is 0 Å². The Hall–Kier alpha value is -1.60. The highest BCUT2D eigenvalue weighted by molar-refractivity contribution is 5.80. The number of amides is 1. The average Bonchev–Trinajstić information content (AvgIpc) is 3.05. The van der Waals surface area contributed by atoms with Crippen molar-refractivity contribution < 1.29 is 27.4 Å². The van der Waals surface area contributed by atoms with Gasteiger partial charge in [-0.2, -0.15) is 13.2 Å². The highest BCUT2D eigenvalue weighted by atomic mass is 19.4. The second-order valence-corrected chi connectivity index (χ2v) is 5.96. The molecular weight excluding hydrogens is 323 g/mol. The van der Waals surface area contributed by atoms with Gasteiger partial charge in [-0.3, -0.25) is 4.79 Å². The van der Waals surface area contributed by atoms with Gasteiger partial charge in [0.15, 0.2) is 0 Å². The van der Waals surface area contributed by atoms with E-state index in [0.717, 1.165) is 31.6 Å². The predicted octanol–water partition coefficient (Wildman–Crippen LogP) is 3.47. The summed E-state index contributed by atoms with van der Waals surface area (Å²) in [6.45, 7) is 4.44. The minimum Gasteiger partial charge on any atom is -0.376 e. The monoisotopic (exact) mass is 345 g/mol. The van der Waals surface area contributed by atoms with Crippen LogP contribution in [0.25, 0.3) is 0 Å². The van der Waals surface area contributed by atoms with Gasteiger partial charge in [-0.05, 0) is 44.4 Å². The van der Waals surface area contributed by atoms with Gasteiger partial charge in [-0.1, -0.05) is 12.1 Å². The first kappa shape index (κ1) is 18.7. The second-order valence-electron chi connectivity index (χ2n) is 5.96. The number of carbonyl (C=O) groups is 1. The standard InChI is InChI=1S/C17H22F3NO3/c1-11(13-5-7-14(8-6-13)17(18,19)20)21-16(22)12(2)24-10-15-4-3-9-23-15/h5-8,11-12,15H,3-4,9-10H2,1-2H3,(H,21,22)/t11-,12-,15-/m0/s1. The van der Waals surface area contributed by atoms with Crippen LogP contribution < -0.4 is 5.32 Å². The zero-order chi connectivity index (χ0) is 17.7. The third-order valence-corrected chi connectivity index (χ3v) is 4.02. The molecule has 24 heavy (non-hydrogen) atoms. The van der Waals surface area contributed by atoms with Crippen LogP contribution in [0.4, 0.5) is 13.2 Å². The molecule has 3 atom stereocenters. The topological polar surface area (TPSA) is 47.6 Å². The number of hydrogen-bond donors (Lipinski definition) is 1. The summed E-state index contributed by atoms with van der Waals surface area (Å²) >= 11 is 0. The molecule has 1 aromatic rings. The van der Waals surface area contributed by atoms with Gasteiger partial charge in [0, 0.05) is 6.61 Å². The molecule has 0 saturated carbocycles. The fraction of sp³-hybridized carbons (Fsp3) is 0.588. The molecule has 0 aliphatic carbocycles. The van der Waals surface area contributed by atoms with Crippen LogP contribution >= 0.6 is 0 Å². The van der Waals surface area contributed by atoms with E-state index < -0.39 is 23.9 Å². The minimum absolute atomic E-state index is 0.0348. The van der Waals surface area contributed by atoms with Crippen molar-refractivity contribution in [1.82, 2.24) is 5.32 Å². The molecule has 0 unspecified atom stereocenters. The molecule has 1 fully saturated rings. The number of hydrogen-bond acceptors (Lipinski definition) is 3. The molecule has 0 spiro atoms. The lowest BCUT2D eigenvalue weighted by atomic mass is 10.1. The first-order valence-corrected chi connectivity index (χ1v) is 7.98. The molecule has 0 bridgehead atoms. The van der Waals surface area contributed by atoms with Gasteiger partial charge in [0.25, 0.3) is 0 Å². The number of nitrogens with one attached hydrogen (secondary N) is 1. The number of ether oxygens (including phenoxy) is 2. The van der Waals surface area contributed by atoms with Crippen molar-refractivity contribution in [3.05, 3.63) is 35.4 Å². The largest absolute Gasteiger partial charge is 0.416 e. The summed E-state index contributed by atoms with van der Waals surface area (Å²) in [7, 11) is 0. The Morgan fingerprint density at radius 1 is 1.33 bits per heavy atom. The molecule has 1 N–H and O–H groups in total. The molecule has 1 aliphatic heterocycles. The van der Waals surface area contributed by atoms with Crippen LogP contribution in [0.3, 0.4) is 0 Å². The molecule has 1 heterocycles. The SMILES string of the molecule is C[C@H](OC[C@@H]1CCCO1)C(=O)N[C@@H](C)c1ccc(C(F)(F)F)cc1. The Bertz CT molecular complexity index is 539. The zero-order valence-corrected chi connectivity index (χ0v) is 13.7. The van der Waals surface area contributed by atoms with Gasteiger partial charge < -0.3 is 14.8 Å². The predicted molar refractivity (Wildman–Crippen MR) is 82.4 cm³/mol. The zero-order valence-electron chi connectivity index (χ0n) is 13.7. The molecule has 1 aromatic carbocycles. The molecule has 2 rings (SSSR count). The molecule has 0 aromatic heterocycles. The molecular formula is C17H22F3NO3. The Morgan fingerprint density at radius 3 is 2.54 bits per heavy atom. The van der Waals surface area contributed by atoms with E-state index in [1.54, 1.807) is 13.8 Å². The van der Waals surface area contributed by atoms with Crippen LogP contribution in [-0.2, 0) is 20.4 Å². The lowest BCUT2D eigenvalue weighted by molar-refractivity contribution is -0.137. The maximum Gasteiger partial charge on any atom is 0.416 e. The number of alkyl halides is 3. The van der Waals surface area contributed by atoms with Crippen molar-refractivity contribution in [2.24, 2.45) is 0 Å². The van der Waals surface area contributed by atoms with Crippen LogP contribution in [0, 0.1) is 0 Å². The molecule has 0 radical (unpaired) electrons. The maximum atomic E-state index is 12.6. The van der Waals surface area contributed by atoms with Crippen LogP contribution in [0.5, 0.6) is 0 Å². The van der Waals surface area contributed by atoms with Crippen LogP contribution in [0.15, 0.2) is 24.3 Å². The van der Waals surface area contributed by atoms with E-state index in [0.29, 0.717) is 12.2 Å². The first-order chi connectivity index (χ1) is 11.3. The van der Waals surface area contributed by atoms with Gasteiger partial charge in [-0.25, -0.2) is 0 Å². The van der Waals surface area contributed by atoms with E-state index in [1.807, 2.05) is 0 Å². The number of benzene rings is 1. The van der Waals surface area contributed by atoms with Crippen molar-refractivity contribution in [2.75, 3.05) is 13.2 Å². The van der Waals surface area contributed by atoms with Crippen LogP contribution in [-0.4, -0.2) is 31.3 Å². The van der Waals surface area contributed by atoms with E-state index in [2.05, 4.69) is 5.32 Å². The molecule has 1 amide bonds. The van der Waals surface area contributed by atoms with Gasteiger partial charge in [0.1, 0.15) is 6.10 Å². The van der Waals surface area contributed by atoms with Crippen LogP contribution in [0.1, 0.15) is 43.9 Å². The van der Waals surface area contributed by atoms with Crippen molar-refractivity contribution >= 4 is 5.91 Å². The summed E-state index contributed by atoms with van der Waals surface area (Å²) in [6.07, 6.45) is -3.05. The quantitative estimate of drug-likeness (QED) is 0.859. The normalized spacial score (nSPS) is 20.6. The van der Waals surface area contributed by atoms with E-state index in [-0.39, 0.29) is 12.0 Å². The highest BCUT2D eigenvalue weighted by Gasteiger charge is 2.30. The molecule has 1 aliphatic rings. The summed E-state index contributed by atoms with van der Waals surface area (Å²) in [5, 5.41) is 2.74. The first-order valence-electron chi connectivity index (χ1n) is 7.98. The third kappa shape index (κ3) is 5.21. The summed E-state index contributed by atoms with van der Waals surface area (Å²) in [6, 6.07) is 4.34. The summed E-state index contributed by atoms with van der Waals surface area (Å²) < 4.78 is 48.6. The van der Waals surface area contributed by atoms with E-state index in [9.17, 15) is 18.0 Å². The van der Waals surface area contributed by atoms with Crippen LogP contribution in [0.2, 0.25) is 0 Å². The van der Waals surface area contributed by atoms with Gasteiger partial charge in [0.05, 0.1) is 24.3 Å². The maximum absolute atomic E-state index is 12.6. The average molecular weight is 345 g/mol.